The zero-order valence-corrected chi connectivity index (χ0v) is 65.7. The maximum absolute atomic E-state index is 4.37. The Morgan fingerprint density at radius 1 is 0.0917 bits per heavy atom. The van der Waals surface area contributed by atoms with Gasteiger partial charge in [0, 0.05) is 60.7 Å². The lowest BCUT2D eigenvalue weighted by Gasteiger charge is -2.15. The molecule has 0 radical (unpaired) electrons. The first kappa shape index (κ1) is 71.9. The molecular weight excluding hydrogens is 1450 g/mol. The van der Waals surface area contributed by atoms with Gasteiger partial charge >= 0.3 is 0 Å². The van der Waals surface area contributed by atoms with Crippen LogP contribution in [0.1, 0.15) is 0 Å². The Morgan fingerprint density at radius 2 is 0.267 bits per heavy atom. The van der Waals surface area contributed by atoms with Gasteiger partial charge in [0.25, 0.3) is 0 Å². The molecule has 0 fully saturated rings. The molecule has 4 heterocycles. The summed E-state index contributed by atoms with van der Waals surface area (Å²) in [5, 5.41) is 15.3. The Hall–Kier alpha value is -15.9. The zero-order chi connectivity index (χ0) is 79.7. The van der Waals surface area contributed by atoms with Gasteiger partial charge in [0.1, 0.15) is 0 Å². The minimum absolute atomic E-state index is 1.11. The van der Waals surface area contributed by atoms with Crippen LogP contribution in [0.2, 0.25) is 0 Å². The summed E-state index contributed by atoms with van der Waals surface area (Å²) in [6.07, 6.45) is 14.9. The minimum Gasteiger partial charge on any atom is -0.265 e. The third kappa shape index (κ3) is 14.3. The molecule has 0 saturated heterocycles. The number of rotatable bonds is 14. The molecular formula is C116H76N4. The molecule has 0 N–H and O–H groups in total. The maximum atomic E-state index is 4.37. The molecule has 0 bridgehead atoms. The molecule has 4 aromatic heterocycles. The second kappa shape index (κ2) is 31.7. The molecule has 18 aromatic carbocycles. The fraction of sp³-hybridized carbons (Fsp3) is 0. The average Bonchev–Trinajstić information content (AvgIpc) is 0.743. The lowest BCUT2D eigenvalue weighted by molar-refractivity contribution is 1.33. The SMILES string of the molecule is c1cc(-c2ccncc2)cc(-c2cccc(-c3cc(-c4cccc(-c5cccc(-c6ccncc6)c5)c4)cc(-c4ccc5c6ccccc6c6ccccc6c5c4)c3)c2)c1.c1cncc(-c2cccc(-c3cccc(-c4cc(-c5cccc(-c6cccc(-c7cccnc7)c6)c5)cc(-c5ccc6c7ccccc7c7ccccc7c6c5)c4)c3)c2)c1. The van der Waals surface area contributed by atoms with Crippen LogP contribution in [0, 0.1) is 0 Å². The van der Waals surface area contributed by atoms with Crippen molar-refractivity contribution in [2.75, 3.05) is 0 Å². The van der Waals surface area contributed by atoms with Crippen LogP contribution in [-0.4, -0.2) is 19.9 Å². The summed E-state index contributed by atoms with van der Waals surface area (Å²) < 4.78 is 0. The number of aromatic nitrogens is 4. The molecule has 22 rings (SSSR count). The van der Waals surface area contributed by atoms with Crippen molar-refractivity contribution < 1.29 is 0 Å². The number of benzene rings is 18. The largest absolute Gasteiger partial charge is 0.265 e. The van der Waals surface area contributed by atoms with Gasteiger partial charge in [-0.2, -0.15) is 0 Å². The highest BCUT2D eigenvalue weighted by Gasteiger charge is 2.18. The van der Waals surface area contributed by atoms with Crippen LogP contribution >= 0.6 is 0 Å². The summed E-state index contributed by atoms with van der Waals surface area (Å²) in [5.74, 6) is 0. The fourth-order valence-electron chi connectivity index (χ4n) is 17.6. The molecule has 4 nitrogen and oxygen atoms in total. The number of hydrogen-bond donors (Lipinski definition) is 0. The average molecular weight is 1530 g/mol. The van der Waals surface area contributed by atoms with Crippen molar-refractivity contribution in [3.8, 4) is 156 Å². The smallest absolute Gasteiger partial charge is 0.0346 e. The summed E-state index contributed by atoms with van der Waals surface area (Å²) in [4.78, 5) is 17.2. The second-order valence-corrected chi connectivity index (χ2v) is 30.9. The van der Waals surface area contributed by atoms with Crippen LogP contribution in [0.5, 0.6) is 0 Å². The zero-order valence-electron chi connectivity index (χ0n) is 65.7. The highest BCUT2D eigenvalue weighted by Crippen LogP contribution is 2.45. The lowest BCUT2D eigenvalue weighted by Crippen LogP contribution is -1.89. The van der Waals surface area contributed by atoms with E-state index in [-0.39, 0.29) is 0 Å². The van der Waals surface area contributed by atoms with Crippen molar-refractivity contribution in [1.29, 1.82) is 0 Å². The van der Waals surface area contributed by atoms with E-state index < -0.39 is 0 Å². The molecule has 0 spiro atoms. The highest BCUT2D eigenvalue weighted by molar-refractivity contribution is 6.27. The van der Waals surface area contributed by atoms with Gasteiger partial charge in [-0.25, -0.2) is 0 Å². The van der Waals surface area contributed by atoms with E-state index in [1.165, 1.54) is 187 Å². The molecule has 0 atom stereocenters. The fourth-order valence-corrected chi connectivity index (χ4v) is 17.6. The molecule has 560 valence electrons. The summed E-state index contributed by atoms with van der Waals surface area (Å²) in [6, 6.07) is 151. The van der Waals surface area contributed by atoms with E-state index in [0.29, 0.717) is 0 Å². The highest BCUT2D eigenvalue weighted by atomic mass is 14.6. The molecule has 0 amide bonds. The predicted octanol–water partition coefficient (Wildman–Crippen LogP) is 31.2. The predicted molar refractivity (Wildman–Crippen MR) is 505 cm³/mol. The molecule has 120 heavy (non-hydrogen) atoms. The third-order valence-corrected chi connectivity index (χ3v) is 23.6. The number of fused-ring (bicyclic) bond motifs is 12. The quantitative estimate of drug-likeness (QED) is 0.102. The molecule has 0 aliphatic carbocycles. The Bertz CT molecular complexity index is 6830. The van der Waals surface area contributed by atoms with Gasteiger partial charge in [-0.1, -0.05) is 279 Å². The van der Waals surface area contributed by atoms with Crippen molar-refractivity contribution in [3.63, 3.8) is 0 Å². The summed E-state index contributed by atoms with van der Waals surface area (Å²) in [5.41, 5.74) is 32.6. The van der Waals surface area contributed by atoms with Crippen LogP contribution in [-0.2, 0) is 0 Å². The van der Waals surface area contributed by atoms with Crippen LogP contribution in [0.3, 0.4) is 0 Å². The number of pyridine rings is 4. The molecule has 0 aliphatic heterocycles. The Kier molecular flexibility index (Phi) is 19.0. The van der Waals surface area contributed by atoms with Gasteiger partial charge in [-0.15, -0.1) is 0 Å². The van der Waals surface area contributed by atoms with E-state index in [2.05, 4.69) is 420 Å². The number of hydrogen-bond acceptors (Lipinski definition) is 4. The Labute approximate surface area is 697 Å². The topological polar surface area (TPSA) is 51.6 Å². The normalized spacial score (nSPS) is 11.3. The maximum Gasteiger partial charge on any atom is 0.0346 e. The van der Waals surface area contributed by atoms with Gasteiger partial charge in [-0.05, 0) is 343 Å². The van der Waals surface area contributed by atoms with E-state index in [1.54, 1.807) is 0 Å². The summed E-state index contributed by atoms with van der Waals surface area (Å²) in [6.45, 7) is 0. The van der Waals surface area contributed by atoms with Crippen LogP contribution < -0.4 is 0 Å². The third-order valence-electron chi connectivity index (χ3n) is 23.6. The van der Waals surface area contributed by atoms with Gasteiger partial charge in [0.05, 0.1) is 0 Å². The number of nitrogens with zero attached hydrogens (tertiary/aromatic N) is 4. The van der Waals surface area contributed by atoms with E-state index in [1.807, 2.05) is 61.7 Å². The van der Waals surface area contributed by atoms with Crippen molar-refractivity contribution in [1.82, 2.24) is 19.9 Å². The van der Waals surface area contributed by atoms with Crippen LogP contribution in [0.25, 0.3) is 220 Å². The summed E-state index contributed by atoms with van der Waals surface area (Å²) >= 11 is 0. The lowest BCUT2D eigenvalue weighted by atomic mass is 9.89. The second-order valence-electron chi connectivity index (χ2n) is 30.9. The standard InChI is InChI=1S/2C58H38N2/c1-2-23-55-53(21-1)54-22-3-4-24-56(54)58-36-47(25-26-57(55)58)52-34-50(45-17-7-13-41(31-45)39-11-5-15-43(29-39)48-19-9-27-59-37-48)33-51(35-52)46-18-8-14-42(32-46)40-12-6-16-44(30-40)49-20-10-28-60-38-49;1-2-19-55-53(17-1)54-18-3-4-20-56(54)58-38-49(21-22-57(55)58)52-36-50(47-15-7-13-45(33-47)43-11-5-9-41(31-43)39-23-27-59-28-24-39)35-51(37-52)48-16-8-14-46(34-48)44-12-6-10-42(32-44)40-25-29-60-30-26-40/h2*1-38H. The first-order valence-corrected chi connectivity index (χ1v) is 40.9. The summed E-state index contributed by atoms with van der Waals surface area (Å²) in [7, 11) is 0. The van der Waals surface area contributed by atoms with Crippen molar-refractivity contribution in [2.24, 2.45) is 0 Å². The molecule has 22 aromatic rings. The Balaban J connectivity index is 0.000000148. The van der Waals surface area contributed by atoms with Crippen molar-refractivity contribution in [2.45, 2.75) is 0 Å². The van der Waals surface area contributed by atoms with Crippen LogP contribution in [0.15, 0.2) is 462 Å². The first-order valence-electron chi connectivity index (χ1n) is 40.9. The molecule has 0 saturated carbocycles. The van der Waals surface area contributed by atoms with E-state index in [4.69, 9.17) is 0 Å². The van der Waals surface area contributed by atoms with Gasteiger partial charge in [0.15, 0.2) is 0 Å². The first-order chi connectivity index (χ1) is 59.4. The van der Waals surface area contributed by atoms with Gasteiger partial charge in [0.2, 0.25) is 0 Å². The van der Waals surface area contributed by atoms with Gasteiger partial charge in [-0.3, -0.25) is 19.9 Å². The Morgan fingerprint density at radius 3 is 0.492 bits per heavy atom. The molecule has 4 heteroatoms. The van der Waals surface area contributed by atoms with Crippen LogP contribution in [0.4, 0.5) is 0 Å². The monoisotopic (exact) mass is 1520 g/mol. The van der Waals surface area contributed by atoms with Crippen molar-refractivity contribution in [3.05, 3.63) is 462 Å². The molecule has 0 unspecified atom stereocenters. The van der Waals surface area contributed by atoms with Crippen molar-refractivity contribution >= 4 is 64.6 Å². The van der Waals surface area contributed by atoms with E-state index in [0.717, 1.165) is 33.4 Å². The van der Waals surface area contributed by atoms with E-state index >= 15 is 0 Å². The van der Waals surface area contributed by atoms with E-state index in [9.17, 15) is 0 Å². The molecule has 0 aliphatic rings. The minimum atomic E-state index is 1.11. The van der Waals surface area contributed by atoms with Gasteiger partial charge < -0.3 is 0 Å².